The van der Waals surface area contributed by atoms with Crippen LogP contribution in [0.15, 0.2) is 0 Å². The van der Waals surface area contributed by atoms with Gasteiger partial charge in [-0.05, 0) is 57.8 Å². The van der Waals surface area contributed by atoms with Crippen molar-refractivity contribution in [3.63, 3.8) is 0 Å². The van der Waals surface area contributed by atoms with E-state index in [9.17, 15) is 9.59 Å². The summed E-state index contributed by atoms with van der Waals surface area (Å²) in [4.78, 5) is 25.8. The maximum Gasteiger partial charge on any atom is 0.356 e. The molecule has 1 saturated heterocycles. The van der Waals surface area contributed by atoms with Crippen LogP contribution in [0.3, 0.4) is 0 Å². The van der Waals surface area contributed by atoms with E-state index in [4.69, 9.17) is 4.74 Å². The monoisotopic (exact) mass is 444 g/mol. The number of Topliss-reactive ketones (excluding diaryl/α,β-unsaturated/α-hetero) is 1. The number of hydrogen-bond acceptors (Lipinski definition) is 3. The van der Waals surface area contributed by atoms with Gasteiger partial charge in [0.2, 0.25) is 5.75 Å². The number of rotatable bonds is 3. The molecule has 1 unspecified atom stereocenters. The lowest BCUT2D eigenvalue weighted by Crippen LogP contribution is -3.00. The van der Waals surface area contributed by atoms with Crippen molar-refractivity contribution < 1.29 is 31.3 Å². The molecule has 148 valence electrons. The highest BCUT2D eigenvalue weighted by atomic mass is 79.9. The summed E-state index contributed by atoms with van der Waals surface area (Å²) in [7, 11) is 0.0170. The Balaban J connectivity index is 0.00000196. The van der Waals surface area contributed by atoms with Gasteiger partial charge in [-0.25, -0.2) is 4.79 Å². The van der Waals surface area contributed by atoms with Crippen LogP contribution in [0, 0.1) is 22.7 Å². The van der Waals surface area contributed by atoms with Crippen LogP contribution in [-0.2, 0) is 25.2 Å². The van der Waals surface area contributed by atoms with E-state index in [-0.39, 0.29) is 44.7 Å². The molecule has 0 aromatic carbocycles. The summed E-state index contributed by atoms with van der Waals surface area (Å²) in [6, 6.07) is 0. The quantitative estimate of drug-likeness (QED) is 0.479. The molecule has 4 fully saturated rings. The molecule has 0 spiro atoms. The lowest BCUT2D eigenvalue weighted by molar-refractivity contribution is -0.151. The first-order valence-corrected chi connectivity index (χ1v) is 11.5. The average Bonchev–Trinajstić information content (AvgIpc) is 3.15. The number of esters is 1. The molecule has 5 heteroatoms. The Bertz CT molecular complexity index is 611. The summed E-state index contributed by atoms with van der Waals surface area (Å²) in [5.41, 5.74) is -0.463. The Kier molecular flexibility index (Phi) is 5.18. The highest BCUT2D eigenvalue weighted by Crippen LogP contribution is 2.70. The van der Waals surface area contributed by atoms with Crippen molar-refractivity contribution in [3.05, 3.63) is 0 Å². The molecule has 0 aromatic rings. The predicted molar refractivity (Wildman–Crippen MR) is 102 cm³/mol. The molecule has 0 radical (unpaired) electrons. The maximum atomic E-state index is 13.2. The van der Waals surface area contributed by atoms with Gasteiger partial charge in [-0.15, -0.1) is 0 Å². The van der Waals surface area contributed by atoms with Crippen molar-refractivity contribution in [1.82, 2.24) is 0 Å². The van der Waals surface area contributed by atoms with E-state index in [1.54, 1.807) is 0 Å². The molecular formula is C21H33BrO3S. The van der Waals surface area contributed by atoms with Crippen LogP contribution in [0.25, 0.3) is 0 Å². The number of halogens is 1. The molecule has 3 aliphatic carbocycles. The zero-order valence-corrected chi connectivity index (χ0v) is 19.2. The van der Waals surface area contributed by atoms with Gasteiger partial charge in [0.05, 0.1) is 5.41 Å². The molecule has 6 atom stereocenters. The second-order valence-electron chi connectivity index (χ2n) is 10.4. The van der Waals surface area contributed by atoms with Gasteiger partial charge in [-0.3, -0.25) is 4.79 Å². The highest BCUT2D eigenvalue weighted by Gasteiger charge is 2.75. The van der Waals surface area contributed by atoms with Gasteiger partial charge in [0.15, 0.2) is 0 Å². The molecule has 0 N–H and O–H groups in total. The zero-order valence-electron chi connectivity index (χ0n) is 16.8. The Hall–Kier alpha value is -0.0300. The van der Waals surface area contributed by atoms with E-state index in [0.29, 0.717) is 33.9 Å². The molecule has 1 aliphatic heterocycles. The van der Waals surface area contributed by atoms with Gasteiger partial charge >= 0.3 is 5.97 Å². The van der Waals surface area contributed by atoms with Crippen LogP contribution in [-0.4, -0.2) is 33.6 Å². The highest BCUT2D eigenvalue weighted by molar-refractivity contribution is 7.99. The van der Waals surface area contributed by atoms with Crippen LogP contribution in [0.4, 0.5) is 0 Å². The van der Waals surface area contributed by atoms with Crippen molar-refractivity contribution in [1.29, 1.82) is 0 Å². The summed E-state index contributed by atoms with van der Waals surface area (Å²) in [6.07, 6.45) is 6.81. The van der Waals surface area contributed by atoms with E-state index < -0.39 is 5.60 Å². The fourth-order valence-electron chi connectivity index (χ4n) is 6.73. The van der Waals surface area contributed by atoms with Crippen LogP contribution >= 0.6 is 0 Å². The topological polar surface area (TPSA) is 43.4 Å². The second-order valence-corrected chi connectivity index (χ2v) is 12.8. The molecule has 4 aliphatic rings. The molecule has 3 saturated carbocycles. The van der Waals surface area contributed by atoms with Crippen LogP contribution in [0.1, 0.15) is 73.1 Å². The van der Waals surface area contributed by atoms with Crippen molar-refractivity contribution in [3.8, 4) is 0 Å². The summed E-state index contributed by atoms with van der Waals surface area (Å²) in [5.74, 6) is 2.23. The van der Waals surface area contributed by atoms with Crippen LogP contribution in [0.5, 0.6) is 0 Å². The van der Waals surface area contributed by atoms with Gasteiger partial charge < -0.3 is 21.7 Å². The second kappa shape index (κ2) is 6.50. The first kappa shape index (κ1) is 20.7. The maximum absolute atomic E-state index is 13.2. The molecule has 4 rings (SSSR count). The van der Waals surface area contributed by atoms with E-state index in [1.807, 2.05) is 20.8 Å². The summed E-state index contributed by atoms with van der Waals surface area (Å²) < 4.78 is 5.66. The molecule has 26 heavy (non-hydrogen) atoms. The molecule has 0 amide bonds. The van der Waals surface area contributed by atoms with Crippen molar-refractivity contribution in [2.75, 3.05) is 5.75 Å². The largest absolute Gasteiger partial charge is 1.00 e. The minimum absolute atomic E-state index is 0. The van der Waals surface area contributed by atoms with Gasteiger partial charge in [0.25, 0.3) is 0 Å². The Morgan fingerprint density at radius 2 is 1.92 bits per heavy atom. The van der Waals surface area contributed by atoms with Gasteiger partial charge in [-0.1, -0.05) is 13.8 Å². The Labute approximate surface area is 171 Å². The molecule has 3 nitrogen and oxygen atoms in total. The molecule has 0 aromatic heterocycles. The van der Waals surface area contributed by atoms with E-state index in [0.717, 1.165) is 12.8 Å². The third-order valence-corrected chi connectivity index (χ3v) is 11.1. The van der Waals surface area contributed by atoms with Crippen molar-refractivity contribution >= 4 is 22.6 Å². The predicted octanol–water partition coefficient (Wildman–Crippen LogP) is 0.897. The number of ketones is 1. The number of ether oxygens (including phenoxy) is 1. The SMILES string of the molecule is CC(C)(C)OC(=O)C[S+]1[C@H]2CC[C@H](C2)[C@H]1[C@]12CC[C@H](CC1=O)C2(C)C.[Br-]. The van der Waals surface area contributed by atoms with Crippen molar-refractivity contribution in [2.24, 2.45) is 22.7 Å². The number of carbonyl (C=O) groups is 2. The zero-order chi connectivity index (χ0) is 18.2. The third-order valence-electron chi connectivity index (χ3n) is 7.78. The summed E-state index contributed by atoms with van der Waals surface area (Å²) >= 11 is 0. The fraction of sp³-hybridized carbons (Fsp3) is 0.905. The van der Waals surface area contributed by atoms with E-state index >= 15 is 0 Å². The lowest BCUT2D eigenvalue weighted by Gasteiger charge is -2.43. The third kappa shape index (κ3) is 2.82. The van der Waals surface area contributed by atoms with Gasteiger partial charge in [-0.2, -0.15) is 0 Å². The normalized spacial score (nSPS) is 42.8. The molecule has 4 bridgehead atoms. The Morgan fingerprint density at radius 1 is 1.23 bits per heavy atom. The first-order chi connectivity index (χ1) is 11.6. The standard InChI is InChI=1S/C21H33O3S.BrH/c1-19(2,3)24-17(23)12-25-15-7-6-13(10-15)18(25)21-9-8-14(11-16(21)22)20(21,4)5;/h13-15,18H,6-12H2,1-5H3;1H/q+1;/p-1/t13-,14-,15+,18+,21+,25?;/m1./s1. The first-order valence-electron chi connectivity index (χ1n) is 10.00. The van der Waals surface area contributed by atoms with E-state index in [1.165, 1.54) is 25.7 Å². The fourth-order valence-corrected chi connectivity index (χ4v) is 10.6. The number of fused-ring (bicyclic) bond motifs is 4. The lowest BCUT2D eigenvalue weighted by atomic mass is 9.64. The minimum atomic E-state index is -0.423. The van der Waals surface area contributed by atoms with Gasteiger partial charge in [0.1, 0.15) is 21.9 Å². The van der Waals surface area contributed by atoms with Crippen LogP contribution in [0.2, 0.25) is 0 Å². The smallest absolute Gasteiger partial charge is 0.356 e. The van der Waals surface area contributed by atoms with E-state index in [2.05, 4.69) is 13.8 Å². The average molecular weight is 445 g/mol. The number of hydrogen-bond donors (Lipinski definition) is 0. The Morgan fingerprint density at radius 3 is 2.46 bits per heavy atom. The summed E-state index contributed by atoms with van der Waals surface area (Å²) in [6.45, 7) is 10.5. The van der Waals surface area contributed by atoms with Crippen LogP contribution < -0.4 is 17.0 Å². The molecular weight excluding hydrogens is 412 g/mol. The van der Waals surface area contributed by atoms with Gasteiger partial charge in [0, 0.05) is 29.7 Å². The number of carbonyl (C=O) groups excluding carboxylic acids is 2. The minimum Gasteiger partial charge on any atom is -1.00 e. The molecule has 1 heterocycles. The summed E-state index contributed by atoms with van der Waals surface area (Å²) in [5, 5.41) is 1.09. The van der Waals surface area contributed by atoms with Crippen molar-refractivity contribution in [2.45, 2.75) is 89.2 Å².